The Morgan fingerprint density at radius 2 is 2.07 bits per heavy atom. The van der Waals surface area contributed by atoms with Gasteiger partial charge in [-0.3, -0.25) is 4.68 Å². The van der Waals surface area contributed by atoms with Gasteiger partial charge in [-0.2, -0.15) is 5.10 Å². The summed E-state index contributed by atoms with van der Waals surface area (Å²) in [5.41, 5.74) is 9.01. The fourth-order valence-electron chi connectivity index (χ4n) is 2.29. The Bertz CT molecular complexity index is 357. The zero-order valence-corrected chi connectivity index (χ0v) is 9.40. The summed E-state index contributed by atoms with van der Waals surface area (Å²) >= 11 is 0. The molecule has 0 saturated carbocycles. The molecule has 1 aliphatic carbocycles. The number of hydrogen-bond acceptors (Lipinski definition) is 3. The minimum Gasteiger partial charge on any atom is -0.385 e. The summed E-state index contributed by atoms with van der Waals surface area (Å²) in [6, 6.07) is -0.258. The minimum atomic E-state index is -0.627. The number of aliphatic hydroxyl groups excluding tert-OH is 1. The van der Waals surface area contributed by atoms with Crippen molar-refractivity contribution < 1.29 is 5.11 Å². The molecule has 2 rings (SSSR count). The predicted octanol–water partition coefficient (Wildman–Crippen LogP) is 0.679. The van der Waals surface area contributed by atoms with Gasteiger partial charge in [0.1, 0.15) is 6.10 Å². The van der Waals surface area contributed by atoms with Crippen molar-refractivity contribution in [2.24, 2.45) is 12.8 Å². The number of fused-ring (bicyclic) bond motifs is 1. The maximum Gasteiger partial charge on any atom is 0.113 e. The maximum absolute atomic E-state index is 9.97. The van der Waals surface area contributed by atoms with E-state index >= 15 is 0 Å². The van der Waals surface area contributed by atoms with Gasteiger partial charge in [-0.05, 0) is 38.2 Å². The van der Waals surface area contributed by atoms with Gasteiger partial charge in [0, 0.05) is 18.8 Å². The van der Waals surface area contributed by atoms with E-state index < -0.39 is 6.10 Å². The van der Waals surface area contributed by atoms with Crippen molar-refractivity contribution in [3.8, 4) is 0 Å². The Balaban J connectivity index is 2.40. The zero-order valence-electron chi connectivity index (χ0n) is 9.40. The molecule has 0 bridgehead atoms. The Kier molecular flexibility index (Phi) is 2.80. The number of hydrogen-bond donors (Lipinski definition) is 2. The van der Waals surface area contributed by atoms with Crippen LogP contribution in [0.25, 0.3) is 0 Å². The minimum absolute atomic E-state index is 0.258. The van der Waals surface area contributed by atoms with E-state index in [9.17, 15) is 5.11 Å². The van der Waals surface area contributed by atoms with Crippen LogP contribution in [0.1, 0.15) is 42.8 Å². The van der Waals surface area contributed by atoms with Gasteiger partial charge >= 0.3 is 0 Å². The third-order valence-corrected chi connectivity index (χ3v) is 3.17. The molecule has 0 fully saturated rings. The summed E-state index contributed by atoms with van der Waals surface area (Å²) in [6.07, 6.45) is 3.89. The van der Waals surface area contributed by atoms with Gasteiger partial charge in [-0.25, -0.2) is 0 Å². The molecule has 1 heterocycles. The number of aromatic nitrogens is 2. The lowest BCUT2D eigenvalue weighted by molar-refractivity contribution is 0.147. The molecule has 1 aromatic heterocycles. The van der Waals surface area contributed by atoms with Crippen LogP contribution in [0, 0.1) is 0 Å². The number of aryl methyl sites for hydroxylation is 1. The molecule has 4 nitrogen and oxygen atoms in total. The number of nitrogens with zero attached hydrogens (tertiary/aromatic N) is 2. The van der Waals surface area contributed by atoms with Gasteiger partial charge in [-0.1, -0.05) is 0 Å². The number of aliphatic hydroxyl groups is 1. The average Bonchev–Trinajstić information content (AvgIpc) is 2.56. The second-order valence-corrected chi connectivity index (χ2v) is 4.45. The molecule has 0 aliphatic heterocycles. The topological polar surface area (TPSA) is 64.1 Å². The highest BCUT2D eigenvalue weighted by molar-refractivity contribution is 5.30. The largest absolute Gasteiger partial charge is 0.385 e. The van der Waals surface area contributed by atoms with Gasteiger partial charge in [0.05, 0.1) is 5.69 Å². The normalized spacial score (nSPS) is 19.7. The zero-order chi connectivity index (χ0) is 11.0. The molecule has 0 spiro atoms. The van der Waals surface area contributed by atoms with Gasteiger partial charge in [-0.15, -0.1) is 0 Å². The molecule has 0 radical (unpaired) electrons. The van der Waals surface area contributed by atoms with E-state index in [1.165, 1.54) is 24.1 Å². The van der Waals surface area contributed by atoms with Crippen molar-refractivity contribution in [1.29, 1.82) is 0 Å². The molecule has 1 aliphatic rings. The van der Waals surface area contributed by atoms with Crippen LogP contribution < -0.4 is 5.73 Å². The summed E-state index contributed by atoms with van der Waals surface area (Å²) in [5, 5.41) is 14.4. The lowest BCUT2D eigenvalue weighted by Crippen LogP contribution is -2.25. The molecule has 15 heavy (non-hydrogen) atoms. The van der Waals surface area contributed by atoms with Crippen molar-refractivity contribution >= 4 is 0 Å². The maximum atomic E-state index is 9.97. The molecule has 3 N–H and O–H groups in total. The molecular weight excluding hydrogens is 190 g/mol. The monoisotopic (exact) mass is 209 g/mol. The fourth-order valence-corrected chi connectivity index (χ4v) is 2.29. The SMILES string of the molecule is CC(N)C(O)c1nn(C)c2c1CCCC2. The molecule has 2 unspecified atom stereocenters. The summed E-state index contributed by atoms with van der Waals surface area (Å²) in [7, 11) is 1.95. The van der Waals surface area contributed by atoms with E-state index in [0.717, 1.165) is 18.5 Å². The number of rotatable bonds is 2. The van der Waals surface area contributed by atoms with E-state index in [4.69, 9.17) is 5.73 Å². The highest BCUT2D eigenvalue weighted by Gasteiger charge is 2.25. The second kappa shape index (κ2) is 3.94. The molecular formula is C11H19N3O. The third kappa shape index (κ3) is 1.79. The van der Waals surface area contributed by atoms with Gasteiger partial charge in [0.2, 0.25) is 0 Å². The smallest absolute Gasteiger partial charge is 0.113 e. The second-order valence-electron chi connectivity index (χ2n) is 4.45. The first kappa shape index (κ1) is 10.6. The van der Waals surface area contributed by atoms with Crippen LogP contribution in [-0.4, -0.2) is 20.9 Å². The van der Waals surface area contributed by atoms with Crippen molar-refractivity contribution in [2.75, 3.05) is 0 Å². The predicted molar refractivity (Wildman–Crippen MR) is 58.5 cm³/mol. The molecule has 0 aromatic carbocycles. The summed E-state index contributed by atoms with van der Waals surface area (Å²) in [5.74, 6) is 0. The summed E-state index contributed by atoms with van der Waals surface area (Å²) < 4.78 is 1.90. The first-order valence-electron chi connectivity index (χ1n) is 5.59. The molecule has 4 heteroatoms. The van der Waals surface area contributed by atoms with E-state index in [2.05, 4.69) is 5.10 Å². The fraction of sp³-hybridized carbons (Fsp3) is 0.727. The molecule has 84 valence electrons. The highest BCUT2D eigenvalue weighted by Crippen LogP contribution is 2.28. The van der Waals surface area contributed by atoms with Crippen molar-refractivity contribution in [2.45, 2.75) is 44.8 Å². The van der Waals surface area contributed by atoms with Gasteiger partial charge in [0.25, 0.3) is 0 Å². The molecule has 0 saturated heterocycles. The summed E-state index contributed by atoms with van der Waals surface area (Å²) in [6.45, 7) is 1.81. The van der Waals surface area contributed by atoms with E-state index in [1.807, 2.05) is 18.7 Å². The lowest BCUT2D eigenvalue weighted by atomic mass is 9.93. The van der Waals surface area contributed by atoms with E-state index in [1.54, 1.807) is 0 Å². The van der Waals surface area contributed by atoms with E-state index in [0.29, 0.717) is 0 Å². The van der Waals surface area contributed by atoms with Crippen molar-refractivity contribution in [3.63, 3.8) is 0 Å². The van der Waals surface area contributed by atoms with Crippen LogP contribution in [0.5, 0.6) is 0 Å². The Morgan fingerprint density at radius 3 is 2.73 bits per heavy atom. The first-order chi connectivity index (χ1) is 7.11. The van der Waals surface area contributed by atoms with Crippen LogP contribution >= 0.6 is 0 Å². The van der Waals surface area contributed by atoms with E-state index in [-0.39, 0.29) is 6.04 Å². The van der Waals surface area contributed by atoms with Crippen LogP contribution in [0.2, 0.25) is 0 Å². The highest BCUT2D eigenvalue weighted by atomic mass is 16.3. The average molecular weight is 209 g/mol. The Labute approximate surface area is 90.1 Å². The third-order valence-electron chi connectivity index (χ3n) is 3.17. The quantitative estimate of drug-likeness (QED) is 0.753. The molecule has 0 amide bonds. The van der Waals surface area contributed by atoms with Gasteiger partial charge < -0.3 is 10.8 Å². The molecule has 2 atom stereocenters. The molecule has 1 aromatic rings. The van der Waals surface area contributed by atoms with Crippen molar-refractivity contribution in [3.05, 3.63) is 17.0 Å². The van der Waals surface area contributed by atoms with Crippen LogP contribution in [0.3, 0.4) is 0 Å². The van der Waals surface area contributed by atoms with Crippen LogP contribution in [0.4, 0.5) is 0 Å². The Hall–Kier alpha value is -0.870. The Morgan fingerprint density at radius 1 is 1.40 bits per heavy atom. The van der Waals surface area contributed by atoms with Crippen LogP contribution in [0.15, 0.2) is 0 Å². The van der Waals surface area contributed by atoms with Gasteiger partial charge in [0.15, 0.2) is 0 Å². The summed E-state index contributed by atoms with van der Waals surface area (Å²) in [4.78, 5) is 0. The lowest BCUT2D eigenvalue weighted by Gasteiger charge is -2.16. The van der Waals surface area contributed by atoms with Crippen molar-refractivity contribution in [1.82, 2.24) is 9.78 Å². The standard InChI is InChI=1S/C11H19N3O/c1-7(12)11(15)10-8-5-3-4-6-9(8)14(2)13-10/h7,11,15H,3-6,12H2,1-2H3. The number of nitrogens with two attached hydrogens (primary N) is 1. The van der Waals surface area contributed by atoms with Crippen LogP contribution in [-0.2, 0) is 19.9 Å². The first-order valence-corrected chi connectivity index (χ1v) is 5.59.